The van der Waals surface area contributed by atoms with Gasteiger partial charge in [0.2, 0.25) is 0 Å². The molecule has 100 valence electrons. The second-order valence-electron chi connectivity index (χ2n) is 4.92. The molecule has 0 aromatic carbocycles. The number of aliphatic hydroxyl groups is 1. The Hall–Kier alpha value is -1.72. The van der Waals surface area contributed by atoms with Gasteiger partial charge in [-0.15, -0.1) is 0 Å². The molecule has 0 saturated heterocycles. The van der Waals surface area contributed by atoms with Crippen LogP contribution in [0.2, 0.25) is 0 Å². The standard InChI is InChI=1S/C14H18N4O/c1-10(19)14-11(3-2-5-16-14)8-18-9-17-12-7-15-6-4-13(12)18/h2-3,5,9-10,15,19H,4,6-8H2,1H3. The van der Waals surface area contributed by atoms with Gasteiger partial charge in [-0.2, -0.15) is 0 Å². The van der Waals surface area contributed by atoms with E-state index in [4.69, 9.17) is 0 Å². The van der Waals surface area contributed by atoms with Crippen molar-refractivity contribution in [1.82, 2.24) is 19.9 Å². The van der Waals surface area contributed by atoms with E-state index in [-0.39, 0.29) is 0 Å². The van der Waals surface area contributed by atoms with Gasteiger partial charge >= 0.3 is 0 Å². The lowest BCUT2D eigenvalue weighted by atomic mass is 10.1. The first-order chi connectivity index (χ1) is 9.25. The lowest BCUT2D eigenvalue weighted by molar-refractivity contribution is 0.193. The molecule has 0 saturated carbocycles. The SMILES string of the molecule is CC(O)c1ncccc1Cn1cnc2c1CCNC2. The molecule has 1 aliphatic rings. The minimum absolute atomic E-state index is 0.544. The van der Waals surface area contributed by atoms with Crippen LogP contribution in [0.1, 0.15) is 35.7 Å². The molecule has 2 aromatic rings. The molecule has 0 radical (unpaired) electrons. The maximum Gasteiger partial charge on any atom is 0.0955 e. The van der Waals surface area contributed by atoms with Crippen LogP contribution in [0.15, 0.2) is 24.7 Å². The fourth-order valence-electron chi connectivity index (χ4n) is 2.58. The molecule has 2 aromatic heterocycles. The molecular weight excluding hydrogens is 240 g/mol. The molecule has 1 aliphatic heterocycles. The monoisotopic (exact) mass is 258 g/mol. The summed E-state index contributed by atoms with van der Waals surface area (Å²) in [7, 11) is 0. The van der Waals surface area contributed by atoms with Gasteiger partial charge < -0.3 is 15.0 Å². The van der Waals surface area contributed by atoms with Crippen LogP contribution in [0.4, 0.5) is 0 Å². The molecule has 5 nitrogen and oxygen atoms in total. The summed E-state index contributed by atoms with van der Waals surface area (Å²) >= 11 is 0. The fourth-order valence-corrected chi connectivity index (χ4v) is 2.58. The van der Waals surface area contributed by atoms with Crippen LogP contribution in [0.25, 0.3) is 0 Å². The highest BCUT2D eigenvalue weighted by atomic mass is 16.3. The van der Waals surface area contributed by atoms with E-state index < -0.39 is 6.10 Å². The van der Waals surface area contributed by atoms with E-state index >= 15 is 0 Å². The zero-order valence-corrected chi connectivity index (χ0v) is 11.0. The summed E-state index contributed by atoms with van der Waals surface area (Å²) in [5.74, 6) is 0. The van der Waals surface area contributed by atoms with Crippen LogP contribution in [0, 0.1) is 0 Å². The minimum Gasteiger partial charge on any atom is -0.387 e. The van der Waals surface area contributed by atoms with Gasteiger partial charge in [-0.3, -0.25) is 4.98 Å². The molecule has 1 atom stereocenters. The largest absolute Gasteiger partial charge is 0.387 e. The summed E-state index contributed by atoms with van der Waals surface area (Å²) in [6.07, 6.45) is 4.06. The smallest absolute Gasteiger partial charge is 0.0955 e. The van der Waals surface area contributed by atoms with Gasteiger partial charge in [0.25, 0.3) is 0 Å². The molecule has 0 spiro atoms. The van der Waals surface area contributed by atoms with Crippen molar-refractivity contribution in [2.45, 2.75) is 32.5 Å². The van der Waals surface area contributed by atoms with Crippen LogP contribution in [0.5, 0.6) is 0 Å². The Morgan fingerprint density at radius 2 is 2.37 bits per heavy atom. The van der Waals surface area contributed by atoms with Crippen molar-refractivity contribution in [3.05, 3.63) is 47.3 Å². The maximum atomic E-state index is 9.77. The van der Waals surface area contributed by atoms with Crippen LogP contribution in [0.3, 0.4) is 0 Å². The van der Waals surface area contributed by atoms with Crippen molar-refractivity contribution in [3.63, 3.8) is 0 Å². The Bertz CT molecular complexity index is 577. The first-order valence-corrected chi connectivity index (χ1v) is 6.61. The Kier molecular flexibility index (Phi) is 3.31. The van der Waals surface area contributed by atoms with Gasteiger partial charge in [0.05, 0.1) is 30.4 Å². The highest BCUT2D eigenvalue weighted by Gasteiger charge is 2.16. The second-order valence-corrected chi connectivity index (χ2v) is 4.92. The number of aliphatic hydroxyl groups excluding tert-OH is 1. The summed E-state index contributed by atoms with van der Waals surface area (Å²) < 4.78 is 2.17. The summed E-state index contributed by atoms with van der Waals surface area (Å²) in [5.41, 5.74) is 4.23. The van der Waals surface area contributed by atoms with Crippen LogP contribution >= 0.6 is 0 Å². The maximum absolute atomic E-state index is 9.77. The molecule has 1 unspecified atom stereocenters. The van der Waals surface area contributed by atoms with E-state index in [9.17, 15) is 5.11 Å². The first kappa shape index (κ1) is 12.3. The predicted octanol–water partition coefficient (Wildman–Crippen LogP) is 1.03. The summed E-state index contributed by atoms with van der Waals surface area (Å²) in [5, 5.41) is 13.1. The van der Waals surface area contributed by atoms with Crippen molar-refractivity contribution in [1.29, 1.82) is 0 Å². The molecular formula is C14H18N4O. The lowest BCUT2D eigenvalue weighted by Crippen LogP contribution is -2.25. The Morgan fingerprint density at radius 3 is 3.21 bits per heavy atom. The molecule has 5 heteroatoms. The van der Waals surface area contributed by atoms with Crippen molar-refractivity contribution >= 4 is 0 Å². The lowest BCUT2D eigenvalue weighted by Gasteiger charge is -2.16. The second kappa shape index (κ2) is 5.11. The van der Waals surface area contributed by atoms with Crippen LogP contribution < -0.4 is 5.32 Å². The number of rotatable bonds is 3. The number of nitrogens with zero attached hydrogens (tertiary/aromatic N) is 3. The number of aromatic nitrogens is 3. The van der Waals surface area contributed by atoms with E-state index in [2.05, 4.69) is 19.9 Å². The van der Waals surface area contributed by atoms with Crippen LogP contribution in [-0.4, -0.2) is 26.2 Å². The Morgan fingerprint density at radius 1 is 1.47 bits per heavy atom. The molecule has 0 aliphatic carbocycles. The van der Waals surface area contributed by atoms with E-state index in [1.807, 2.05) is 18.5 Å². The number of hydrogen-bond acceptors (Lipinski definition) is 4. The van der Waals surface area contributed by atoms with E-state index in [1.54, 1.807) is 13.1 Å². The molecule has 19 heavy (non-hydrogen) atoms. The Balaban J connectivity index is 1.91. The average Bonchev–Trinajstić information content (AvgIpc) is 2.83. The van der Waals surface area contributed by atoms with Crippen molar-refractivity contribution in [2.24, 2.45) is 0 Å². The first-order valence-electron chi connectivity index (χ1n) is 6.61. The molecule has 2 N–H and O–H groups in total. The minimum atomic E-state index is -0.544. The third kappa shape index (κ3) is 2.39. The van der Waals surface area contributed by atoms with E-state index in [0.29, 0.717) is 0 Å². The highest BCUT2D eigenvalue weighted by molar-refractivity contribution is 5.24. The van der Waals surface area contributed by atoms with Crippen molar-refractivity contribution in [2.75, 3.05) is 6.54 Å². The zero-order valence-electron chi connectivity index (χ0n) is 11.0. The number of pyridine rings is 1. The van der Waals surface area contributed by atoms with Gasteiger partial charge in [-0.05, 0) is 18.6 Å². The quantitative estimate of drug-likeness (QED) is 0.863. The molecule has 3 heterocycles. The molecule has 0 fully saturated rings. The third-order valence-electron chi connectivity index (χ3n) is 3.53. The Labute approximate surface area is 112 Å². The summed E-state index contributed by atoms with van der Waals surface area (Å²) in [4.78, 5) is 8.72. The van der Waals surface area contributed by atoms with Crippen molar-refractivity contribution < 1.29 is 5.11 Å². The topological polar surface area (TPSA) is 63.0 Å². The predicted molar refractivity (Wildman–Crippen MR) is 71.6 cm³/mol. The van der Waals surface area contributed by atoms with Gasteiger partial charge in [0.15, 0.2) is 0 Å². The molecule has 0 bridgehead atoms. The van der Waals surface area contributed by atoms with E-state index in [0.717, 1.165) is 43.0 Å². The normalized spacial score (nSPS) is 16.1. The summed E-state index contributed by atoms with van der Waals surface area (Å²) in [6, 6.07) is 3.93. The molecule has 0 amide bonds. The third-order valence-corrected chi connectivity index (χ3v) is 3.53. The number of hydrogen-bond donors (Lipinski definition) is 2. The highest BCUT2D eigenvalue weighted by Crippen LogP contribution is 2.18. The zero-order chi connectivity index (χ0) is 13.2. The summed E-state index contributed by atoms with van der Waals surface area (Å²) in [6.45, 7) is 4.31. The van der Waals surface area contributed by atoms with E-state index in [1.165, 1.54) is 5.69 Å². The number of nitrogens with one attached hydrogen (secondary N) is 1. The average molecular weight is 258 g/mol. The fraction of sp³-hybridized carbons (Fsp3) is 0.429. The van der Waals surface area contributed by atoms with Gasteiger partial charge in [0, 0.05) is 31.4 Å². The van der Waals surface area contributed by atoms with Crippen molar-refractivity contribution in [3.8, 4) is 0 Å². The number of imidazole rings is 1. The molecule has 3 rings (SSSR count). The van der Waals surface area contributed by atoms with Gasteiger partial charge in [0.1, 0.15) is 0 Å². The van der Waals surface area contributed by atoms with Crippen LogP contribution in [-0.2, 0) is 19.5 Å². The van der Waals surface area contributed by atoms with Gasteiger partial charge in [-0.1, -0.05) is 6.07 Å². The number of fused-ring (bicyclic) bond motifs is 1. The van der Waals surface area contributed by atoms with Gasteiger partial charge in [-0.25, -0.2) is 4.98 Å².